The van der Waals surface area contributed by atoms with Gasteiger partial charge in [-0.05, 0) is 43.0 Å². The van der Waals surface area contributed by atoms with Gasteiger partial charge in [-0.15, -0.1) is 13.2 Å². The number of hydrogen-bond acceptors (Lipinski definition) is 3. The molecular formula is C14H16F3NO3. The van der Waals surface area contributed by atoms with Crippen LogP contribution in [0.2, 0.25) is 0 Å². The molecule has 1 N–H and O–H groups in total. The minimum atomic E-state index is -4.74. The molecule has 1 fully saturated rings. The van der Waals surface area contributed by atoms with Gasteiger partial charge >= 0.3 is 6.36 Å². The Morgan fingerprint density at radius 2 is 1.81 bits per heavy atom. The summed E-state index contributed by atoms with van der Waals surface area (Å²) in [7, 11) is 0. The van der Waals surface area contributed by atoms with Gasteiger partial charge in [0.25, 0.3) is 5.91 Å². The SMILES string of the molecule is O=C(c1ccc(OC(F)(F)F)cc1)N1CCC(CO)CC1. The maximum absolute atomic E-state index is 12.2. The number of carbonyl (C=O) groups excluding carboxylic acids is 1. The molecule has 0 spiro atoms. The third-order valence-corrected chi connectivity index (χ3v) is 3.49. The first-order valence-electron chi connectivity index (χ1n) is 6.65. The second-order valence-electron chi connectivity index (χ2n) is 4.99. The number of piperidine rings is 1. The number of aliphatic hydroxyl groups excluding tert-OH is 1. The smallest absolute Gasteiger partial charge is 0.406 e. The summed E-state index contributed by atoms with van der Waals surface area (Å²) in [6.07, 6.45) is -3.27. The van der Waals surface area contributed by atoms with Crippen LogP contribution in [0.4, 0.5) is 13.2 Å². The highest BCUT2D eigenvalue weighted by Crippen LogP contribution is 2.24. The Bertz CT molecular complexity index is 479. The number of rotatable bonds is 3. The molecule has 0 saturated carbocycles. The van der Waals surface area contributed by atoms with Crippen molar-refractivity contribution in [2.75, 3.05) is 19.7 Å². The van der Waals surface area contributed by atoms with Gasteiger partial charge in [-0.3, -0.25) is 4.79 Å². The van der Waals surface area contributed by atoms with Crippen LogP contribution >= 0.6 is 0 Å². The van der Waals surface area contributed by atoms with Gasteiger partial charge in [-0.2, -0.15) is 0 Å². The number of aliphatic hydroxyl groups is 1. The molecule has 1 amide bonds. The summed E-state index contributed by atoms with van der Waals surface area (Å²) in [5, 5.41) is 9.05. The van der Waals surface area contributed by atoms with Gasteiger partial charge in [0, 0.05) is 25.3 Å². The topological polar surface area (TPSA) is 49.8 Å². The highest BCUT2D eigenvalue weighted by molar-refractivity contribution is 5.94. The standard InChI is InChI=1S/C14H16F3NO3/c15-14(16,17)21-12-3-1-11(2-4-12)13(20)18-7-5-10(9-19)6-8-18/h1-4,10,19H,5-9H2. The molecule has 1 aromatic carbocycles. The fraction of sp³-hybridized carbons (Fsp3) is 0.500. The van der Waals surface area contributed by atoms with E-state index in [0.29, 0.717) is 18.7 Å². The zero-order valence-electron chi connectivity index (χ0n) is 11.3. The van der Waals surface area contributed by atoms with Crippen LogP contribution in [0.15, 0.2) is 24.3 Å². The predicted octanol–water partition coefficient (Wildman–Crippen LogP) is 2.43. The molecular weight excluding hydrogens is 287 g/mol. The summed E-state index contributed by atoms with van der Waals surface area (Å²) in [6.45, 7) is 1.21. The van der Waals surface area contributed by atoms with Gasteiger partial charge in [0.05, 0.1) is 0 Å². The number of carbonyl (C=O) groups is 1. The van der Waals surface area contributed by atoms with E-state index in [-0.39, 0.29) is 24.2 Å². The molecule has 0 bridgehead atoms. The number of alkyl halides is 3. The fourth-order valence-electron chi connectivity index (χ4n) is 2.30. The Labute approximate surface area is 120 Å². The molecule has 7 heteroatoms. The van der Waals surface area contributed by atoms with Crippen molar-refractivity contribution < 1.29 is 27.8 Å². The zero-order chi connectivity index (χ0) is 15.5. The van der Waals surface area contributed by atoms with Crippen LogP contribution in [0.3, 0.4) is 0 Å². The fourth-order valence-corrected chi connectivity index (χ4v) is 2.30. The van der Waals surface area contributed by atoms with E-state index in [2.05, 4.69) is 4.74 Å². The summed E-state index contributed by atoms with van der Waals surface area (Å²) in [4.78, 5) is 13.8. The van der Waals surface area contributed by atoms with Crippen molar-refractivity contribution in [2.24, 2.45) is 5.92 Å². The van der Waals surface area contributed by atoms with E-state index in [4.69, 9.17) is 5.11 Å². The third-order valence-electron chi connectivity index (χ3n) is 3.49. The van der Waals surface area contributed by atoms with E-state index in [0.717, 1.165) is 25.0 Å². The lowest BCUT2D eigenvalue weighted by atomic mass is 9.97. The van der Waals surface area contributed by atoms with Crippen LogP contribution in [0.25, 0.3) is 0 Å². The van der Waals surface area contributed by atoms with E-state index in [9.17, 15) is 18.0 Å². The molecule has 0 unspecified atom stereocenters. The van der Waals surface area contributed by atoms with Crippen molar-refractivity contribution in [3.8, 4) is 5.75 Å². The quantitative estimate of drug-likeness (QED) is 0.933. The number of halogens is 3. The molecule has 1 aliphatic heterocycles. The van der Waals surface area contributed by atoms with Crippen molar-refractivity contribution in [2.45, 2.75) is 19.2 Å². The van der Waals surface area contributed by atoms with E-state index >= 15 is 0 Å². The van der Waals surface area contributed by atoms with E-state index in [1.54, 1.807) is 4.90 Å². The lowest BCUT2D eigenvalue weighted by Crippen LogP contribution is -2.39. The summed E-state index contributed by atoms with van der Waals surface area (Å²) in [5.41, 5.74) is 0.326. The van der Waals surface area contributed by atoms with Gasteiger partial charge in [0.2, 0.25) is 0 Å². The number of ether oxygens (including phenoxy) is 1. The largest absolute Gasteiger partial charge is 0.573 e. The predicted molar refractivity (Wildman–Crippen MR) is 68.8 cm³/mol. The molecule has 0 aliphatic carbocycles. The van der Waals surface area contributed by atoms with Gasteiger partial charge in [0.1, 0.15) is 5.75 Å². The van der Waals surface area contributed by atoms with Crippen LogP contribution in [-0.2, 0) is 0 Å². The summed E-state index contributed by atoms with van der Waals surface area (Å²) >= 11 is 0. The second-order valence-corrected chi connectivity index (χ2v) is 4.99. The average Bonchev–Trinajstić information content (AvgIpc) is 2.46. The highest BCUT2D eigenvalue weighted by Gasteiger charge is 2.31. The molecule has 4 nitrogen and oxygen atoms in total. The van der Waals surface area contributed by atoms with Crippen molar-refractivity contribution in [3.05, 3.63) is 29.8 Å². The minimum Gasteiger partial charge on any atom is -0.406 e. The Hall–Kier alpha value is -1.76. The monoisotopic (exact) mass is 303 g/mol. The van der Waals surface area contributed by atoms with Crippen molar-refractivity contribution in [1.29, 1.82) is 0 Å². The van der Waals surface area contributed by atoms with Crippen molar-refractivity contribution in [1.82, 2.24) is 4.90 Å². The molecule has 2 rings (SSSR count). The van der Waals surface area contributed by atoms with Crippen LogP contribution in [0.1, 0.15) is 23.2 Å². The first-order chi connectivity index (χ1) is 9.89. The molecule has 0 atom stereocenters. The minimum absolute atomic E-state index is 0.117. The van der Waals surface area contributed by atoms with Gasteiger partial charge in [0.15, 0.2) is 0 Å². The maximum Gasteiger partial charge on any atom is 0.573 e. The molecule has 1 saturated heterocycles. The second kappa shape index (κ2) is 6.34. The Morgan fingerprint density at radius 1 is 1.24 bits per heavy atom. The van der Waals surface area contributed by atoms with E-state index < -0.39 is 6.36 Å². The molecule has 0 aromatic heterocycles. The van der Waals surface area contributed by atoms with Crippen LogP contribution in [-0.4, -0.2) is 42.0 Å². The lowest BCUT2D eigenvalue weighted by molar-refractivity contribution is -0.274. The van der Waals surface area contributed by atoms with Crippen molar-refractivity contribution in [3.63, 3.8) is 0 Å². The molecule has 0 radical (unpaired) electrons. The van der Waals surface area contributed by atoms with Gasteiger partial charge in [-0.1, -0.05) is 0 Å². The summed E-state index contributed by atoms with van der Waals surface area (Å²) in [6, 6.07) is 4.89. The first kappa shape index (κ1) is 15.6. The zero-order valence-corrected chi connectivity index (χ0v) is 11.3. The van der Waals surface area contributed by atoms with Crippen LogP contribution in [0.5, 0.6) is 5.75 Å². The Morgan fingerprint density at radius 3 is 2.29 bits per heavy atom. The summed E-state index contributed by atoms with van der Waals surface area (Å²) < 4.78 is 39.9. The van der Waals surface area contributed by atoms with Crippen LogP contribution < -0.4 is 4.74 Å². The van der Waals surface area contributed by atoms with Gasteiger partial charge in [-0.25, -0.2) is 0 Å². The molecule has 1 heterocycles. The Balaban J connectivity index is 1.97. The lowest BCUT2D eigenvalue weighted by Gasteiger charge is -2.31. The number of amides is 1. The van der Waals surface area contributed by atoms with Gasteiger partial charge < -0.3 is 14.7 Å². The number of likely N-dealkylation sites (tertiary alicyclic amines) is 1. The highest BCUT2D eigenvalue weighted by atomic mass is 19.4. The molecule has 1 aromatic rings. The molecule has 21 heavy (non-hydrogen) atoms. The average molecular weight is 303 g/mol. The maximum atomic E-state index is 12.2. The summed E-state index contributed by atoms with van der Waals surface area (Å²) in [5.74, 6) is -0.348. The number of benzene rings is 1. The van der Waals surface area contributed by atoms with Crippen molar-refractivity contribution >= 4 is 5.91 Å². The van der Waals surface area contributed by atoms with E-state index in [1.807, 2.05) is 0 Å². The third kappa shape index (κ3) is 4.35. The number of hydrogen-bond donors (Lipinski definition) is 1. The first-order valence-corrected chi connectivity index (χ1v) is 6.65. The number of nitrogens with zero attached hydrogens (tertiary/aromatic N) is 1. The van der Waals surface area contributed by atoms with Crippen LogP contribution in [0, 0.1) is 5.92 Å². The van der Waals surface area contributed by atoms with E-state index in [1.165, 1.54) is 12.1 Å². The molecule has 116 valence electrons. The normalized spacial score (nSPS) is 16.9. The Kier molecular flexibility index (Phi) is 4.72. The molecule has 1 aliphatic rings.